The summed E-state index contributed by atoms with van der Waals surface area (Å²) in [4.78, 5) is 21.8. The van der Waals surface area contributed by atoms with Crippen molar-refractivity contribution in [1.82, 2.24) is 5.32 Å². The molecule has 0 aliphatic heterocycles. The predicted octanol–water partition coefficient (Wildman–Crippen LogP) is 0.995. The molecule has 1 aromatic rings. The number of nitrogens with one attached hydrogen (secondary N) is 1. The highest BCUT2D eigenvalue weighted by Gasteiger charge is 2.04. The quantitative estimate of drug-likeness (QED) is 0.707. The third kappa shape index (κ3) is 5.16. The van der Waals surface area contributed by atoms with E-state index in [1.165, 1.54) is 0 Å². The van der Waals surface area contributed by atoms with Gasteiger partial charge < -0.3 is 15.2 Å². The SMILES string of the molecule is C=CCNC(=O)COc1cccc(CC(=O)O)c1. The molecule has 0 bridgehead atoms. The molecule has 5 heteroatoms. The molecule has 0 saturated heterocycles. The lowest BCUT2D eigenvalue weighted by molar-refractivity contribution is -0.136. The van der Waals surface area contributed by atoms with Gasteiger partial charge >= 0.3 is 5.97 Å². The van der Waals surface area contributed by atoms with Crippen molar-refractivity contribution in [3.05, 3.63) is 42.5 Å². The van der Waals surface area contributed by atoms with E-state index in [2.05, 4.69) is 11.9 Å². The fraction of sp³-hybridized carbons (Fsp3) is 0.231. The molecular weight excluding hydrogens is 234 g/mol. The minimum atomic E-state index is -0.907. The lowest BCUT2D eigenvalue weighted by Crippen LogP contribution is -2.28. The fourth-order valence-electron chi connectivity index (χ4n) is 1.31. The van der Waals surface area contributed by atoms with Crippen molar-refractivity contribution in [2.24, 2.45) is 0 Å². The number of carboxylic acids is 1. The molecule has 0 saturated carbocycles. The average Bonchev–Trinajstić information content (AvgIpc) is 2.33. The lowest BCUT2D eigenvalue weighted by Gasteiger charge is -2.07. The summed E-state index contributed by atoms with van der Waals surface area (Å²) < 4.78 is 5.25. The first-order chi connectivity index (χ1) is 8.61. The minimum absolute atomic E-state index is 0.0696. The van der Waals surface area contributed by atoms with E-state index in [1.54, 1.807) is 30.3 Å². The number of carbonyl (C=O) groups excluding carboxylic acids is 1. The van der Waals surface area contributed by atoms with Crippen molar-refractivity contribution in [2.75, 3.05) is 13.2 Å². The minimum Gasteiger partial charge on any atom is -0.484 e. The van der Waals surface area contributed by atoms with Gasteiger partial charge in [0.1, 0.15) is 5.75 Å². The van der Waals surface area contributed by atoms with Gasteiger partial charge in [0.2, 0.25) is 0 Å². The van der Waals surface area contributed by atoms with Gasteiger partial charge in [0.15, 0.2) is 6.61 Å². The Balaban J connectivity index is 2.49. The lowest BCUT2D eigenvalue weighted by atomic mass is 10.1. The zero-order valence-corrected chi connectivity index (χ0v) is 9.89. The van der Waals surface area contributed by atoms with Crippen LogP contribution in [-0.2, 0) is 16.0 Å². The van der Waals surface area contributed by atoms with Crippen molar-refractivity contribution >= 4 is 11.9 Å². The Morgan fingerprint density at radius 3 is 2.89 bits per heavy atom. The summed E-state index contributed by atoms with van der Waals surface area (Å²) in [5.41, 5.74) is 0.631. The van der Waals surface area contributed by atoms with E-state index in [0.29, 0.717) is 17.9 Å². The topological polar surface area (TPSA) is 75.6 Å². The summed E-state index contributed by atoms with van der Waals surface area (Å²) in [6.45, 7) is 3.76. The molecule has 0 aromatic heterocycles. The first-order valence-electron chi connectivity index (χ1n) is 5.43. The van der Waals surface area contributed by atoms with E-state index in [4.69, 9.17) is 9.84 Å². The van der Waals surface area contributed by atoms with Crippen LogP contribution in [0.5, 0.6) is 5.75 Å². The summed E-state index contributed by atoms with van der Waals surface area (Å²) >= 11 is 0. The van der Waals surface area contributed by atoms with E-state index < -0.39 is 5.97 Å². The molecule has 0 atom stereocenters. The number of rotatable bonds is 7. The smallest absolute Gasteiger partial charge is 0.307 e. The standard InChI is InChI=1S/C13H15NO4/c1-2-6-14-12(15)9-18-11-5-3-4-10(7-11)8-13(16)17/h2-5,7H,1,6,8-9H2,(H,14,15)(H,16,17). The van der Waals surface area contributed by atoms with Crippen LogP contribution in [0.3, 0.4) is 0 Å². The number of aliphatic carboxylic acids is 1. The third-order valence-corrected chi connectivity index (χ3v) is 2.07. The Bertz CT molecular complexity index is 442. The molecule has 0 unspecified atom stereocenters. The summed E-state index contributed by atoms with van der Waals surface area (Å²) in [7, 11) is 0. The highest BCUT2D eigenvalue weighted by atomic mass is 16.5. The molecule has 0 heterocycles. The van der Waals surface area contributed by atoms with E-state index in [0.717, 1.165) is 0 Å². The maximum Gasteiger partial charge on any atom is 0.307 e. The van der Waals surface area contributed by atoms with Crippen LogP contribution < -0.4 is 10.1 Å². The second kappa shape index (κ2) is 7.11. The maximum atomic E-state index is 11.3. The van der Waals surface area contributed by atoms with E-state index >= 15 is 0 Å². The van der Waals surface area contributed by atoms with Crippen LogP contribution in [0, 0.1) is 0 Å². The molecule has 1 aromatic carbocycles. The van der Waals surface area contributed by atoms with Crippen molar-refractivity contribution in [2.45, 2.75) is 6.42 Å². The maximum absolute atomic E-state index is 11.3. The van der Waals surface area contributed by atoms with Gasteiger partial charge in [0.25, 0.3) is 5.91 Å². The zero-order chi connectivity index (χ0) is 13.4. The number of ether oxygens (including phenoxy) is 1. The summed E-state index contributed by atoms with van der Waals surface area (Å²) in [5.74, 6) is -0.683. The largest absolute Gasteiger partial charge is 0.484 e. The van der Waals surface area contributed by atoms with Gasteiger partial charge in [-0.25, -0.2) is 0 Å². The van der Waals surface area contributed by atoms with Crippen LogP contribution in [0.1, 0.15) is 5.56 Å². The van der Waals surface area contributed by atoms with Gasteiger partial charge in [0, 0.05) is 6.54 Å². The number of benzene rings is 1. The van der Waals surface area contributed by atoms with Crippen LogP contribution >= 0.6 is 0 Å². The molecule has 1 amide bonds. The predicted molar refractivity (Wildman–Crippen MR) is 66.5 cm³/mol. The first kappa shape index (κ1) is 13.8. The molecule has 0 fully saturated rings. The fourth-order valence-corrected chi connectivity index (χ4v) is 1.31. The van der Waals surface area contributed by atoms with Gasteiger partial charge in [-0.2, -0.15) is 0 Å². The Morgan fingerprint density at radius 1 is 1.44 bits per heavy atom. The average molecular weight is 249 g/mol. The van der Waals surface area contributed by atoms with Crippen molar-refractivity contribution in [3.63, 3.8) is 0 Å². The van der Waals surface area contributed by atoms with Crippen LogP contribution in [0.2, 0.25) is 0 Å². The van der Waals surface area contributed by atoms with Crippen LogP contribution in [0.15, 0.2) is 36.9 Å². The Hall–Kier alpha value is -2.30. The van der Waals surface area contributed by atoms with E-state index in [-0.39, 0.29) is 18.9 Å². The number of hydrogen-bond donors (Lipinski definition) is 2. The van der Waals surface area contributed by atoms with Crippen LogP contribution in [-0.4, -0.2) is 30.1 Å². The molecule has 0 aliphatic rings. The number of carbonyl (C=O) groups is 2. The number of amides is 1. The van der Waals surface area contributed by atoms with E-state index in [9.17, 15) is 9.59 Å². The third-order valence-electron chi connectivity index (χ3n) is 2.07. The number of hydrogen-bond acceptors (Lipinski definition) is 3. The molecule has 0 radical (unpaired) electrons. The molecule has 96 valence electrons. The van der Waals surface area contributed by atoms with Crippen molar-refractivity contribution in [3.8, 4) is 5.75 Å². The molecule has 1 rings (SSSR count). The zero-order valence-electron chi connectivity index (χ0n) is 9.89. The molecule has 2 N–H and O–H groups in total. The summed E-state index contributed by atoms with van der Waals surface area (Å²) in [6, 6.07) is 6.66. The van der Waals surface area contributed by atoms with Crippen molar-refractivity contribution < 1.29 is 19.4 Å². The van der Waals surface area contributed by atoms with Gasteiger partial charge in [-0.15, -0.1) is 6.58 Å². The van der Waals surface area contributed by atoms with Crippen LogP contribution in [0.4, 0.5) is 0 Å². The second-order valence-corrected chi connectivity index (χ2v) is 3.60. The Morgan fingerprint density at radius 2 is 2.22 bits per heavy atom. The Labute approximate surface area is 105 Å². The molecule has 18 heavy (non-hydrogen) atoms. The van der Waals surface area contributed by atoms with Gasteiger partial charge in [-0.3, -0.25) is 9.59 Å². The molecule has 0 aliphatic carbocycles. The summed E-state index contributed by atoms with van der Waals surface area (Å²) in [6.07, 6.45) is 1.51. The van der Waals surface area contributed by atoms with Crippen molar-refractivity contribution in [1.29, 1.82) is 0 Å². The van der Waals surface area contributed by atoms with Gasteiger partial charge in [-0.1, -0.05) is 18.2 Å². The highest BCUT2D eigenvalue weighted by molar-refractivity contribution is 5.77. The Kier molecular flexibility index (Phi) is 5.44. The summed E-state index contributed by atoms with van der Waals surface area (Å²) in [5, 5.41) is 11.2. The highest BCUT2D eigenvalue weighted by Crippen LogP contribution is 2.13. The van der Waals surface area contributed by atoms with Crippen LogP contribution in [0.25, 0.3) is 0 Å². The second-order valence-electron chi connectivity index (χ2n) is 3.60. The normalized spacial score (nSPS) is 9.56. The first-order valence-corrected chi connectivity index (χ1v) is 5.43. The molecule has 5 nitrogen and oxygen atoms in total. The monoisotopic (exact) mass is 249 g/mol. The number of carboxylic acid groups (broad SMARTS) is 1. The molecular formula is C13H15NO4. The molecule has 0 spiro atoms. The van der Waals surface area contributed by atoms with E-state index in [1.807, 2.05) is 0 Å². The van der Waals surface area contributed by atoms with Gasteiger partial charge in [-0.05, 0) is 17.7 Å². The van der Waals surface area contributed by atoms with Gasteiger partial charge in [0.05, 0.1) is 6.42 Å².